The molecule has 2 aliphatic carbocycles. The quantitative estimate of drug-likeness (QED) is 0.886. The van der Waals surface area contributed by atoms with Crippen molar-refractivity contribution in [3.8, 4) is 5.75 Å². The van der Waals surface area contributed by atoms with Crippen molar-refractivity contribution in [2.24, 2.45) is 11.8 Å². The van der Waals surface area contributed by atoms with Crippen LogP contribution in [0.3, 0.4) is 0 Å². The molecular formula is C21H31NO. The largest absolute Gasteiger partial charge is 0.494 e. The maximum Gasteiger partial charge on any atom is 0.119 e. The Bertz CT molecular complexity index is 563. The minimum Gasteiger partial charge on any atom is -0.494 e. The molecule has 23 heavy (non-hydrogen) atoms. The van der Waals surface area contributed by atoms with E-state index < -0.39 is 0 Å². The zero-order valence-electron chi connectivity index (χ0n) is 14.7. The van der Waals surface area contributed by atoms with Crippen LogP contribution in [0.4, 0.5) is 0 Å². The second kappa shape index (κ2) is 6.12. The lowest BCUT2D eigenvalue weighted by Gasteiger charge is -2.56. The van der Waals surface area contributed by atoms with E-state index in [1.807, 2.05) is 0 Å². The third-order valence-electron chi connectivity index (χ3n) is 6.58. The molecule has 4 rings (SSSR count). The van der Waals surface area contributed by atoms with Crippen LogP contribution in [0, 0.1) is 11.8 Å². The van der Waals surface area contributed by atoms with Gasteiger partial charge in [-0.25, -0.2) is 0 Å². The third kappa shape index (κ3) is 2.69. The molecule has 3 atom stereocenters. The first-order valence-electron chi connectivity index (χ1n) is 9.69. The number of piperidine rings is 1. The zero-order chi connectivity index (χ0) is 15.9. The molecule has 0 spiro atoms. The van der Waals surface area contributed by atoms with Gasteiger partial charge in [0.15, 0.2) is 0 Å². The van der Waals surface area contributed by atoms with Gasteiger partial charge in [0.1, 0.15) is 5.75 Å². The molecule has 1 saturated carbocycles. The standard InChI is InChI=1S/C21H31NO/c1-15(2)8-12-23-17-7-6-16-13-20-18-5-3-4-9-21(18,10-11-22-20)19(16)14-17/h6-7,14-15,18,20,22H,3-5,8-13H2,1-2H3/t18-,20+,21+/m0/s1. The fourth-order valence-corrected chi connectivity index (χ4v) is 5.41. The maximum absolute atomic E-state index is 6.08. The van der Waals surface area contributed by atoms with Crippen LogP contribution in [0.25, 0.3) is 0 Å². The first-order valence-corrected chi connectivity index (χ1v) is 9.69. The van der Waals surface area contributed by atoms with Gasteiger partial charge in [-0.15, -0.1) is 0 Å². The van der Waals surface area contributed by atoms with Crippen molar-refractivity contribution in [2.75, 3.05) is 13.2 Å². The number of hydrogen-bond acceptors (Lipinski definition) is 2. The Morgan fingerprint density at radius 2 is 2.17 bits per heavy atom. The van der Waals surface area contributed by atoms with Gasteiger partial charge in [-0.2, -0.15) is 0 Å². The van der Waals surface area contributed by atoms with E-state index in [0.29, 0.717) is 17.4 Å². The highest BCUT2D eigenvalue weighted by atomic mass is 16.5. The topological polar surface area (TPSA) is 21.3 Å². The molecule has 3 aliphatic rings. The van der Waals surface area contributed by atoms with Crippen molar-refractivity contribution >= 4 is 0 Å². The Labute approximate surface area is 141 Å². The summed E-state index contributed by atoms with van der Waals surface area (Å²) in [6.07, 6.45) is 9.29. The highest BCUT2D eigenvalue weighted by Crippen LogP contribution is 2.54. The van der Waals surface area contributed by atoms with Crippen molar-refractivity contribution in [3.63, 3.8) is 0 Å². The average molecular weight is 313 g/mol. The summed E-state index contributed by atoms with van der Waals surface area (Å²) in [5.41, 5.74) is 3.66. The molecule has 1 aromatic rings. The van der Waals surface area contributed by atoms with Gasteiger partial charge >= 0.3 is 0 Å². The lowest BCUT2D eigenvalue weighted by molar-refractivity contribution is 0.0794. The average Bonchev–Trinajstić information content (AvgIpc) is 2.55. The van der Waals surface area contributed by atoms with E-state index in [0.717, 1.165) is 24.7 Å². The van der Waals surface area contributed by atoms with Crippen LogP contribution in [-0.4, -0.2) is 19.2 Å². The summed E-state index contributed by atoms with van der Waals surface area (Å²) in [5, 5.41) is 3.82. The minimum atomic E-state index is 0.444. The van der Waals surface area contributed by atoms with E-state index in [1.54, 1.807) is 11.1 Å². The number of fused-ring (bicyclic) bond motifs is 1. The number of nitrogens with one attached hydrogen (secondary N) is 1. The van der Waals surface area contributed by atoms with Gasteiger partial charge in [0, 0.05) is 11.5 Å². The van der Waals surface area contributed by atoms with E-state index in [1.165, 1.54) is 45.1 Å². The molecule has 1 N–H and O–H groups in total. The number of rotatable bonds is 4. The summed E-state index contributed by atoms with van der Waals surface area (Å²) in [5.74, 6) is 2.66. The molecule has 126 valence electrons. The number of ether oxygens (including phenoxy) is 1. The summed E-state index contributed by atoms with van der Waals surface area (Å²) < 4.78 is 6.08. The predicted octanol–water partition coefficient (Wildman–Crippen LogP) is 4.46. The van der Waals surface area contributed by atoms with E-state index in [4.69, 9.17) is 4.74 Å². The Kier molecular flexibility index (Phi) is 4.13. The molecule has 1 aromatic carbocycles. The van der Waals surface area contributed by atoms with Gasteiger partial charge in [-0.05, 0) is 73.7 Å². The number of benzene rings is 1. The summed E-state index contributed by atoms with van der Waals surface area (Å²) >= 11 is 0. The van der Waals surface area contributed by atoms with E-state index in [9.17, 15) is 0 Å². The van der Waals surface area contributed by atoms with Crippen LogP contribution < -0.4 is 10.1 Å². The van der Waals surface area contributed by atoms with Crippen LogP contribution in [0.1, 0.15) is 63.5 Å². The molecule has 2 heteroatoms. The molecule has 2 nitrogen and oxygen atoms in total. The highest BCUT2D eigenvalue weighted by Gasteiger charge is 2.51. The van der Waals surface area contributed by atoms with Crippen LogP contribution in [0.15, 0.2) is 18.2 Å². The molecule has 2 fully saturated rings. The third-order valence-corrected chi connectivity index (χ3v) is 6.58. The SMILES string of the molecule is CC(C)CCOc1ccc2c(c1)[C@@]13CCCC[C@H]1[C@@H](C2)NCC3. The Morgan fingerprint density at radius 1 is 1.26 bits per heavy atom. The van der Waals surface area contributed by atoms with Crippen molar-refractivity contribution in [2.45, 2.75) is 70.3 Å². The predicted molar refractivity (Wildman–Crippen MR) is 95.1 cm³/mol. The fourth-order valence-electron chi connectivity index (χ4n) is 5.41. The van der Waals surface area contributed by atoms with Gasteiger partial charge in [-0.3, -0.25) is 0 Å². The smallest absolute Gasteiger partial charge is 0.119 e. The van der Waals surface area contributed by atoms with Crippen LogP contribution >= 0.6 is 0 Å². The lowest BCUT2D eigenvalue weighted by Crippen LogP contribution is -2.59. The minimum absolute atomic E-state index is 0.444. The van der Waals surface area contributed by atoms with Gasteiger partial charge in [0.25, 0.3) is 0 Å². The first-order chi connectivity index (χ1) is 11.2. The first kappa shape index (κ1) is 15.5. The van der Waals surface area contributed by atoms with Crippen molar-refractivity contribution in [3.05, 3.63) is 29.3 Å². The van der Waals surface area contributed by atoms with Crippen molar-refractivity contribution < 1.29 is 4.74 Å². The molecule has 0 radical (unpaired) electrons. The van der Waals surface area contributed by atoms with Crippen molar-refractivity contribution in [1.82, 2.24) is 5.32 Å². The van der Waals surface area contributed by atoms with Crippen molar-refractivity contribution in [1.29, 1.82) is 0 Å². The normalized spacial score (nSPS) is 32.3. The Hall–Kier alpha value is -1.02. The second-order valence-corrected chi connectivity index (χ2v) is 8.37. The lowest BCUT2D eigenvalue weighted by atomic mass is 9.53. The van der Waals surface area contributed by atoms with Gasteiger partial charge in [-0.1, -0.05) is 32.8 Å². The molecule has 2 bridgehead atoms. The van der Waals surface area contributed by atoms with Gasteiger partial charge < -0.3 is 10.1 Å². The molecule has 0 unspecified atom stereocenters. The Morgan fingerprint density at radius 3 is 3.04 bits per heavy atom. The van der Waals surface area contributed by atoms with Crippen LogP contribution in [0.2, 0.25) is 0 Å². The van der Waals surface area contributed by atoms with E-state index in [2.05, 4.69) is 37.4 Å². The summed E-state index contributed by atoms with van der Waals surface area (Å²) in [6.45, 7) is 6.56. The molecular weight excluding hydrogens is 282 g/mol. The zero-order valence-corrected chi connectivity index (χ0v) is 14.7. The molecule has 1 heterocycles. The van der Waals surface area contributed by atoms with Crippen LogP contribution in [-0.2, 0) is 11.8 Å². The summed E-state index contributed by atoms with van der Waals surface area (Å²) in [7, 11) is 0. The summed E-state index contributed by atoms with van der Waals surface area (Å²) in [4.78, 5) is 0. The van der Waals surface area contributed by atoms with Gasteiger partial charge in [0.2, 0.25) is 0 Å². The second-order valence-electron chi connectivity index (χ2n) is 8.37. The monoisotopic (exact) mass is 313 g/mol. The number of hydrogen-bond donors (Lipinski definition) is 1. The molecule has 0 amide bonds. The molecule has 1 saturated heterocycles. The van der Waals surface area contributed by atoms with Crippen LogP contribution in [0.5, 0.6) is 5.75 Å². The Balaban J connectivity index is 1.64. The summed E-state index contributed by atoms with van der Waals surface area (Å²) in [6, 6.07) is 7.68. The van der Waals surface area contributed by atoms with E-state index in [-0.39, 0.29) is 0 Å². The fraction of sp³-hybridized carbons (Fsp3) is 0.714. The van der Waals surface area contributed by atoms with E-state index >= 15 is 0 Å². The maximum atomic E-state index is 6.08. The molecule has 1 aliphatic heterocycles. The van der Waals surface area contributed by atoms with Gasteiger partial charge in [0.05, 0.1) is 6.61 Å². The highest BCUT2D eigenvalue weighted by molar-refractivity contribution is 5.45. The molecule has 0 aromatic heterocycles.